The van der Waals surface area contributed by atoms with Crippen molar-refractivity contribution in [3.8, 4) is 0 Å². The van der Waals surface area contributed by atoms with Crippen LogP contribution in [0.3, 0.4) is 0 Å². The van der Waals surface area contributed by atoms with Gasteiger partial charge in [0.25, 0.3) is 0 Å². The molecular formula is C16H21N3O5S. The van der Waals surface area contributed by atoms with E-state index in [1.165, 1.54) is 34.6 Å². The molecule has 1 heterocycles. The molecule has 1 aliphatic heterocycles. The van der Waals surface area contributed by atoms with E-state index >= 15 is 0 Å². The summed E-state index contributed by atoms with van der Waals surface area (Å²) in [5.41, 5.74) is 0.308. The first-order valence-electron chi connectivity index (χ1n) is 7.83. The van der Waals surface area contributed by atoms with Crippen molar-refractivity contribution < 1.29 is 23.1 Å². The van der Waals surface area contributed by atoms with E-state index in [1.54, 1.807) is 0 Å². The number of carboxylic acid groups (broad SMARTS) is 1. The van der Waals surface area contributed by atoms with Crippen molar-refractivity contribution in [3.63, 3.8) is 0 Å². The molecule has 0 unspecified atom stereocenters. The molecule has 0 aromatic heterocycles. The second-order valence-corrected chi connectivity index (χ2v) is 7.69. The van der Waals surface area contributed by atoms with Gasteiger partial charge in [-0.1, -0.05) is 6.58 Å². The number of nitrogens with zero attached hydrogens (tertiary/aromatic N) is 1. The average molecular weight is 367 g/mol. The largest absolute Gasteiger partial charge is 0.465 e. The second-order valence-electron chi connectivity index (χ2n) is 5.75. The molecule has 0 radical (unpaired) electrons. The number of piperidine rings is 1. The van der Waals surface area contributed by atoms with Gasteiger partial charge in [-0.05, 0) is 49.1 Å². The highest BCUT2D eigenvalue weighted by atomic mass is 32.2. The SMILES string of the molecule is C=CC(=O)NCC1CCN(S(=O)(=O)c2ccc(NC(=O)O)cc2)CC1. The van der Waals surface area contributed by atoms with Gasteiger partial charge in [0, 0.05) is 25.3 Å². The lowest BCUT2D eigenvalue weighted by molar-refractivity contribution is -0.116. The summed E-state index contributed by atoms with van der Waals surface area (Å²) in [6.45, 7) is 4.66. The summed E-state index contributed by atoms with van der Waals surface area (Å²) in [6.07, 6.45) is 1.33. The summed E-state index contributed by atoms with van der Waals surface area (Å²) >= 11 is 0. The number of hydrogen-bond acceptors (Lipinski definition) is 4. The molecular weight excluding hydrogens is 346 g/mol. The van der Waals surface area contributed by atoms with Crippen molar-refractivity contribution in [2.75, 3.05) is 25.0 Å². The van der Waals surface area contributed by atoms with E-state index in [-0.39, 0.29) is 16.7 Å². The first-order chi connectivity index (χ1) is 11.8. The number of anilines is 1. The van der Waals surface area contributed by atoms with Gasteiger partial charge >= 0.3 is 6.09 Å². The summed E-state index contributed by atoms with van der Waals surface area (Å²) in [7, 11) is -3.61. The molecule has 3 N–H and O–H groups in total. The number of hydrogen-bond donors (Lipinski definition) is 3. The van der Waals surface area contributed by atoms with E-state index in [0.717, 1.165) is 0 Å². The minimum absolute atomic E-state index is 0.127. The van der Waals surface area contributed by atoms with Crippen LogP contribution in [0.15, 0.2) is 41.8 Å². The third kappa shape index (κ3) is 5.04. The maximum absolute atomic E-state index is 12.6. The van der Waals surface area contributed by atoms with Gasteiger partial charge in [0.15, 0.2) is 0 Å². The Morgan fingerprint density at radius 2 is 1.84 bits per heavy atom. The molecule has 0 aliphatic carbocycles. The Kier molecular flexibility index (Phi) is 6.16. The quantitative estimate of drug-likeness (QED) is 0.659. The van der Waals surface area contributed by atoms with Crippen LogP contribution in [0.4, 0.5) is 10.5 Å². The monoisotopic (exact) mass is 367 g/mol. The Bertz CT molecular complexity index is 738. The van der Waals surface area contributed by atoms with Gasteiger partial charge < -0.3 is 10.4 Å². The topological polar surface area (TPSA) is 116 Å². The van der Waals surface area contributed by atoms with Gasteiger partial charge in [-0.2, -0.15) is 4.31 Å². The molecule has 2 amide bonds. The highest BCUT2D eigenvalue weighted by Gasteiger charge is 2.29. The predicted molar refractivity (Wildman–Crippen MR) is 92.8 cm³/mol. The molecule has 1 saturated heterocycles. The van der Waals surface area contributed by atoms with Crippen molar-refractivity contribution in [1.82, 2.24) is 9.62 Å². The minimum atomic E-state index is -3.61. The number of carbonyl (C=O) groups is 2. The van der Waals surface area contributed by atoms with E-state index in [1.807, 2.05) is 0 Å². The summed E-state index contributed by atoms with van der Waals surface area (Å²) in [6, 6.07) is 5.60. The van der Waals surface area contributed by atoms with Crippen LogP contribution in [-0.4, -0.2) is 49.5 Å². The standard InChI is InChI=1S/C16H21N3O5S/c1-2-15(20)17-11-12-7-9-19(10-8-12)25(23,24)14-5-3-13(4-6-14)18-16(21)22/h2-6,12,18H,1,7-11H2,(H,17,20)(H,21,22). The van der Waals surface area contributed by atoms with Gasteiger partial charge in [0.05, 0.1) is 4.90 Å². The van der Waals surface area contributed by atoms with Gasteiger partial charge in [-0.3, -0.25) is 10.1 Å². The maximum atomic E-state index is 12.6. The fourth-order valence-corrected chi connectivity index (χ4v) is 4.12. The fourth-order valence-electron chi connectivity index (χ4n) is 2.65. The zero-order valence-electron chi connectivity index (χ0n) is 13.6. The molecule has 25 heavy (non-hydrogen) atoms. The van der Waals surface area contributed by atoms with Gasteiger partial charge in [-0.25, -0.2) is 13.2 Å². The zero-order chi connectivity index (χ0) is 18.4. The van der Waals surface area contributed by atoms with Crippen LogP contribution < -0.4 is 10.6 Å². The number of nitrogens with one attached hydrogen (secondary N) is 2. The molecule has 8 nitrogen and oxygen atoms in total. The number of rotatable bonds is 6. The number of carbonyl (C=O) groups excluding carboxylic acids is 1. The average Bonchev–Trinajstić information content (AvgIpc) is 2.60. The normalized spacial score (nSPS) is 16.2. The molecule has 0 bridgehead atoms. The zero-order valence-corrected chi connectivity index (χ0v) is 14.5. The van der Waals surface area contributed by atoms with Crippen molar-refractivity contribution in [1.29, 1.82) is 0 Å². The molecule has 0 saturated carbocycles. The molecule has 9 heteroatoms. The Hall–Kier alpha value is -2.39. The first kappa shape index (κ1) is 18.9. The minimum Gasteiger partial charge on any atom is -0.465 e. The Morgan fingerprint density at radius 3 is 2.36 bits per heavy atom. The molecule has 1 aromatic carbocycles. The lowest BCUT2D eigenvalue weighted by Gasteiger charge is -2.31. The summed E-state index contributed by atoms with van der Waals surface area (Å²) < 4.78 is 26.7. The van der Waals surface area contributed by atoms with E-state index in [2.05, 4.69) is 17.2 Å². The summed E-state index contributed by atoms with van der Waals surface area (Å²) in [4.78, 5) is 21.9. The van der Waals surface area contributed by atoms with Crippen LogP contribution in [0.1, 0.15) is 12.8 Å². The van der Waals surface area contributed by atoms with E-state index in [4.69, 9.17) is 5.11 Å². The van der Waals surface area contributed by atoms with E-state index < -0.39 is 16.1 Å². The molecule has 1 aromatic rings. The van der Waals surface area contributed by atoms with Crippen molar-refractivity contribution in [2.45, 2.75) is 17.7 Å². The summed E-state index contributed by atoms with van der Waals surface area (Å²) in [5.74, 6) is 0.00241. The lowest BCUT2D eigenvalue weighted by Crippen LogP contribution is -2.41. The van der Waals surface area contributed by atoms with Gasteiger partial charge in [0.1, 0.15) is 0 Å². The van der Waals surface area contributed by atoms with E-state index in [9.17, 15) is 18.0 Å². The van der Waals surface area contributed by atoms with Crippen LogP contribution in [-0.2, 0) is 14.8 Å². The van der Waals surface area contributed by atoms with Gasteiger partial charge in [-0.15, -0.1) is 0 Å². The smallest absolute Gasteiger partial charge is 0.409 e. The molecule has 136 valence electrons. The maximum Gasteiger partial charge on any atom is 0.409 e. The van der Waals surface area contributed by atoms with Crippen LogP contribution in [0.2, 0.25) is 0 Å². The summed E-state index contributed by atoms with van der Waals surface area (Å²) in [5, 5.41) is 13.5. The van der Waals surface area contributed by atoms with Crippen LogP contribution in [0.5, 0.6) is 0 Å². The second kappa shape index (κ2) is 8.13. The van der Waals surface area contributed by atoms with Crippen LogP contribution >= 0.6 is 0 Å². The lowest BCUT2D eigenvalue weighted by atomic mass is 9.98. The molecule has 1 fully saturated rings. The highest BCUT2D eigenvalue weighted by molar-refractivity contribution is 7.89. The molecule has 2 rings (SSSR count). The fraction of sp³-hybridized carbons (Fsp3) is 0.375. The Balaban J connectivity index is 1.96. The van der Waals surface area contributed by atoms with Crippen LogP contribution in [0, 0.1) is 5.92 Å². The third-order valence-corrected chi connectivity index (χ3v) is 5.98. The van der Waals surface area contributed by atoms with Crippen LogP contribution in [0.25, 0.3) is 0 Å². The number of amides is 2. The van der Waals surface area contributed by atoms with Gasteiger partial charge in [0.2, 0.25) is 15.9 Å². The molecule has 0 atom stereocenters. The molecule has 1 aliphatic rings. The third-order valence-electron chi connectivity index (χ3n) is 4.07. The van der Waals surface area contributed by atoms with Crippen molar-refractivity contribution in [3.05, 3.63) is 36.9 Å². The first-order valence-corrected chi connectivity index (χ1v) is 9.27. The van der Waals surface area contributed by atoms with E-state index in [0.29, 0.717) is 38.2 Å². The number of sulfonamides is 1. The molecule has 0 spiro atoms. The number of benzene rings is 1. The predicted octanol–water partition coefficient (Wildman–Crippen LogP) is 1.48. The highest BCUT2D eigenvalue weighted by Crippen LogP contribution is 2.24. The Labute approximate surface area is 146 Å². The van der Waals surface area contributed by atoms with Crippen molar-refractivity contribution >= 4 is 27.7 Å². The van der Waals surface area contributed by atoms with Crippen molar-refractivity contribution in [2.24, 2.45) is 5.92 Å². The Morgan fingerprint density at radius 1 is 1.24 bits per heavy atom.